The quantitative estimate of drug-likeness (QED) is 0.922. The smallest absolute Gasteiger partial charge is 0.164 e. The van der Waals surface area contributed by atoms with Crippen LogP contribution in [0, 0.1) is 0 Å². The van der Waals surface area contributed by atoms with Crippen LogP contribution >= 0.6 is 11.6 Å². The van der Waals surface area contributed by atoms with Gasteiger partial charge in [-0.1, -0.05) is 37.8 Å². The zero-order valence-electron chi connectivity index (χ0n) is 12.7. The molecular weight excluding hydrogens is 286 g/mol. The van der Waals surface area contributed by atoms with E-state index in [-0.39, 0.29) is 5.41 Å². The monoisotopic (exact) mass is 309 g/mol. The summed E-state index contributed by atoms with van der Waals surface area (Å²) in [5.41, 5.74) is 8.64. The Kier molecular flexibility index (Phi) is 4.32. The zero-order valence-corrected chi connectivity index (χ0v) is 13.5. The van der Waals surface area contributed by atoms with Gasteiger partial charge in [-0.3, -0.25) is 0 Å². The van der Waals surface area contributed by atoms with Crippen molar-refractivity contribution in [3.05, 3.63) is 22.2 Å². The van der Waals surface area contributed by atoms with Crippen LogP contribution in [0.2, 0.25) is 5.02 Å². The summed E-state index contributed by atoms with van der Waals surface area (Å²) >= 11 is 6.66. The van der Waals surface area contributed by atoms with Gasteiger partial charge in [-0.25, -0.2) is 0 Å². The summed E-state index contributed by atoms with van der Waals surface area (Å²) in [5, 5.41) is 0.795. The molecule has 1 aliphatic heterocycles. The van der Waals surface area contributed by atoms with Crippen molar-refractivity contribution in [2.45, 2.75) is 50.9 Å². The molecule has 1 heterocycles. The Morgan fingerprint density at radius 1 is 1.19 bits per heavy atom. The summed E-state index contributed by atoms with van der Waals surface area (Å²) in [6, 6.07) is 1.93. The van der Waals surface area contributed by atoms with Gasteiger partial charge < -0.3 is 15.2 Å². The number of hydrogen-bond acceptors (Lipinski definition) is 3. The molecule has 0 spiro atoms. The minimum Gasteiger partial charge on any atom is -0.486 e. The number of benzene rings is 1. The normalized spacial score (nSPS) is 20.3. The minimum absolute atomic E-state index is 0.0104. The second kappa shape index (κ2) is 6.05. The third-order valence-electron chi connectivity index (χ3n) is 4.97. The van der Waals surface area contributed by atoms with Gasteiger partial charge in [0.15, 0.2) is 11.5 Å². The lowest BCUT2D eigenvalue weighted by Gasteiger charge is -2.39. The van der Waals surface area contributed by atoms with E-state index >= 15 is 0 Å². The first-order valence-corrected chi connectivity index (χ1v) is 8.41. The number of halogens is 1. The van der Waals surface area contributed by atoms with Crippen molar-refractivity contribution in [2.75, 3.05) is 19.8 Å². The van der Waals surface area contributed by atoms with Gasteiger partial charge >= 0.3 is 0 Å². The van der Waals surface area contributed by atoms with Crippen LogP contribution in [-0.4, -0.2) is 19.8 Å². The lowest BCUT2D eigenvalue weighted by Crippen LogP contribution is -2.38. The maximum Gasteiger partial charge on any atom is 0.164 e. The van der Waals surface area contributed by atoms with Crippen molar-refractivity contribution in [3.8, 4) is 11.5 Å². The maximum atomic E-state index is 6.66. The van der Waals surface area contributed by atoms with Crippen molar-refractivity contribution >= 4 is 11.6 Å². The highest BCUT2D eigenvalue weighted by Crippen LogP contribution is 2.49. The Hall–Kier alpha value is -0.930. The van der Waals surface area contributed by atoms with Crippen molar-refractivity contribution in [1.29, 1.82) is 0 Å². The van der Waals surface area contributed by atoms with Gasteiger partial charge in [-0.2, -0.15) is 0 Å². The first kappa shape index (κ1) is 15.0. The molecule has 1 aromatic carbocycles. The predicted molar refractivity (Wildman–Crippen MR) is 85.6 cm³/mol. The molecule has 0 radical (unpaired) electrons. The van der Waals surface area contributed by atoms with E-state index in [1.54, 1.807) is 0 Å². The topological polar surface area (TPSA) is 44.5 Å². The summed E-state index contributed by atoms with van der Waals surface area (Å²) in [6.07, 6.45) is 6.89. The van der Waals surface area contributed by atoms with Crippen LogP contribution in [0.25, 0.3) is 0 Å². The number of fused-ring (bicyclic) bond motifs is 1. The highest BCUT2D eigenvalue weighted by molar-refractivity contribution is 6.31. The molecule has 0 saturated heterocycles. The van der Waals surface area contributed by atoms with E-state index in [1.165, 1.54) is 30.4 Å². The molecule has 1 saturated carbocycles. The second-order valence-electron chi connectivity index (χ2n) is 6.13. The molecule has 2 aliphatic rings. The van der Waals surface area contributed by atoms with Gasteiger partial charge in [0.2, 0.25) is 0 Å². The Morgan fingerprint density at radius 2 is 1.90 bits per heavy atom. The molecule has 1 fully saturated rings. The Labute approximate surface area is 131 Å². The largest absolute Gasteiger partial charge is 0.486 e. The van der Waals surface area contributed by atoms with Gasteiger partial charge in [0.05, 0.1) is 0 Å². The van der Waals surface area contributed by atoms with Crippen LogP contribution in [0.1, 0.15) is 50.2 Å². The average molecular weight is 310 g/mol. The highest BCUT2D eigenvalue weighted by Gasteiger charge is 2.38. The van der Waals surface area contributed by atoms with E-state index in [2.05, 4.69) is 6.92 Å². The van der Waals surface area contributed by atoms with Crippen molar-refractivity contribution in [1.82, 2.24) is 0 Å². The molecule has 116 valence electrons. The molecule has 4 heteroatoms. The van der Waals surface area contributed by atoms with Crippen LogP contribution in [0.4, 0.5) is 0 Å². The lowest BCUT2D eigenvalue weighted by atomic mass is 9.67. The molecule has 2 N–H and O–H groups in total. The van der Waals surface area contributed by atoms with Crippen LogP contribution < -0.4 is 15.2 Å². The van der Waals surface area contributed by atoms with Crippen LogP contribution in [0.3, 0.4) is 0 Å². The third kappa shape index (κ3) is 2.51. The lowest BCUT2D eigenvalue weighted by molar-refractivity contribution is 0.169. The fourth-order valence-electron chi connectivity index (χ4n) is 3.92. The Morgan fingerprint density at radius 3 is 2.57 bits per heavy atom. The zero-order chi connectivity index (χ0) is 14.9. The molecule has 3 rings (SSSR count). The number of rotatable bonds is 3. The minimum atomic E-state index is 0.0104. The molecule has 1 aliphatic carbocycles. The van der Waals surface area contributed by atoms with Crippen LogP contribution in [0.15, 0.2) is 6.07 Å². The summed E-state index contributed by atoms with van der Waals surface area (Å²) in [6.45, 7) is 4.00. The maximum absolute atomic E-state index is 6.66. The molecule has 0 aromatic heterocycles. The Balaban J connectivity index is 2.16. The summed E-state index contributed by atoms with van der Waals surface area (Å²) in [5.74, 6) is 1.68. The SMILES string of the molecule is CCc1c2c(cc(Cl)c1C1(CN)CCCCC1)OCCO2. The van der Waals surface area contributed by atoms with Crippen molar-refractivity contribution in [3.63, 3.8) is 0 Å². The average Bonchev–Trinajstić information content (AvgIpc) is 2.54. The molecule has 3 nitrogen and oxygen atoms in total. The molecule has 21 heavy (non-hydrogen) atoms. The Bertz CT molecular complexity index is 524. The molecule has 0 bridgehead atoms. The van der Waals surface area contributed by atoms with E-state index in [1.807, 2.05) is 6.07 Å². The fraction of sp³-hybridized carbons (Fsp3) is 0.647. The van der Waals surface area contributed by atoms with Crippen molar-refractivity contribution < 1.29 is 9.47 Å². The fourth-order valence-corrected chi connectivity index (χ4v) is 4.33. The second-order valence-corrected chi connectivity index (χ2v) is 6.54. The molecule has 0 atom stereocenters. The molecule has 1 aromatic rings. The van der Waals surface area contributed by atoms with Gasteiger partial charge in [-0.05, 0) is 24.8 Å². The summed E-state index contributed by atoms with van der Waals surface area (Å²) in [4.78, 5) is 0. The first-order chi connectivity index (χ1) is 10.2. The van der Waals surface area contributed by atoms with E-state index in [0.717, 1.165) is 35.8 Å². The van der Waals surface area contributed by atoms with Gasteiger partial charge in [-0.15, -0.1) is 0 Å². The van der Waals surface area contributed by atoms with Gasteiger partial charge in [0, 0.05) is 28.6 Å². The van der Waals surface area contributed by atoms with E-state index in [0.29, 0.717) is 19.8 Å². The number of ether oxygens (including phenoxy) is 2. The molecule has 0 amide bonds. The predicted octanol–water partition coefficient (Wildman–Crippen LogP) is 3.83. The molecular formula is C17H24ClNO2. The van der Waals surface area contributed by atoms with Gasteiger partial charge in [0.25, 0.3) is 0 Å². The van der Waals surface area contributed by atoms with Crippen LogP contribution in [0.5, 0.6) is 11.5 Å². The van der Waals surface area contributed by atoms with Gasteiger partial charge in [0.1, 0.15) is 13.2 Å². The van der Waals surface area contributed by atoms with E-state index < -0.39 is 0 Å². The van der Waals surface area contributed by atoms with E-state index in [4.69, 9.17) is 26.8 Å². The number of hydrogen-bond donors (Lipinski definition) is 1. The third-order valence-corrected chi connectivity index (χ3v) is 5.27. The summed E-state index contributed by atoms with van der Waals surface area (Å²) in [7, 11) is 0. The van der Waals surface area contributed by atoms with Crippen LogP contribution in [-0.2, 0) is 11.8 Å². The number of nitrogens with two attached hydrogens (primary N) is 1. The van der Waals surface area contributed by atoms with Crippen molar-refractivity contribution in [2.24, 2.45) is 5.73 Å². The molecule has 0 unspecified atom stereocenters. The standard InChI is InChI=1S/C17H24ClNO2/c1-2-12-15(17(11-19)6-4-3-5-7-17)13(18)10-14-16(12)21-9-8-20-14/h10H,2-9,11,19H2,1H3. The first-order valence-electron chi connectivity index (χ1n) is 8.03. The highest BCUT2D eigenvalue weighted by atomic mass is 35.5. The van der Waals surface area contributed by atoms with E-state index in [9.17, 15) is 0 Å². The summed E-state index contributed by atoms with van der Waals surface area (Å²) < 4.78 is 11.6.